The number of nitro groups is 1. The highest BCUT2D eigenvalue weighted by molar-refractivity contribution is 7.89. The third kappa shape index (κ3) is 5.64. The molecule has 0 aliphatic carbocycles. The maximum atomic E-state index is 13.1. The number of carbonyl (C=O) groups is 1. The van der Waals surface area contributed by atoms with Gasteiger partial charge in [-0.05, 0) is 51.0 Å². The Labute approximate surface area is 224 Å². The Balaban J connectivity index is 1.41. The van der Waals surface area contributed by atoms with Gasteiger partial charge in [0.15, 0.2) is 0 Å². The van der Waals surface area contributed by atoms with E-state index in [1.165, 1.54) is 16.4 Å². The zero-order chi connectivity index (χ0) is 26.9. The number of aromatic nitrogens is 2. The summed E-state index contributed by atoms with van der Waals surface area (Å²) in [5.41, 5.74) is 2.55. The van der Waals surface area contributed by atoms with Gasteiger partial charge in [-0.25, -0.2) is 8.42 Å². The van der Waals surface area contributed by atoms with Crippen molar-refractivity contribution in [2.45, 2.75) is 38.1 Å². The van der Waals surface area contributed by atoms with Gasteiger partial charge in [0.25, 0.3) is 5.69 Å². The van der Waals surface area contributed by atoms with Crippen molar-refractivity contribution in [3.63, 3.8) is 0 Å². The first-order chi connectivity index (χ1) is 17.5. The van der Waals surface area contributed by atoms with Crippen molar-refractivity contribution in [3.05, 3.63) is 79.6 Å². The number of nitrogens with zero attached hydrogens (tertiary/aromatic N) is 4. The van der Waals surface area contributed by atoms with Crippen molar-refractivity contribution >= 4 is 50.5 Å². The first-order valence-corrected chi connectivity index (χ1v) is 13.7. The Hall–Kier alpha value is -2.99. The second-order valence-electron chi connectivity index (χ2n) is 8.82. The quantitative estimate of drug-likeness (QED) is 0.323. The van der Waals surface area contributed by atoms with E-state index >= 15 is 0 Å². The molecule has 4 rings (SSSR count). The van der Waals surface area contributed by atoms with E-state index in [2.05, 4.69) is 10.4 Å². The number of amides is 1. The summed E-state index contributed by atoms with van der Waals surface area (Å²) in [6.45, 7) is 4.33. The van der Waals surface area contributed by atoms with Crippen LogP contribution in [-0.4, -0.2) is 46.4 Å². The van der Waals surface area contributed by atoms with E-state index in [1.807, 2.05) is 6.92 Å². The molecule has 0 unspecified atom stereocenters. The smallest absolute Gasteiger partial charge is 0.269 e. The van der Waals surface area contributed by atoms with Gasteiger partial charge in [-0.3, -0.25) is 19.6 Å². The number of sulfonamides is 1. The molecule has 1 aliphatic rings. The number of non-ortho nitro benzene ring substituents is 1. The maximum Gasteiger partial charge on any atom is 0.269 e. The first-order valence-electron chi connectivity index (χ1n) is 11.5. The summed E-state index contributed by atoms with van der Waals surface area (Å²) in [7, 11) is -3.82. The second kappa shape index (κ2) is 10.8. The molecule has 0 saturated carbocycles. The number of nitrogens with one attached hydrogen (secondary N) is 1. The highest BCUT2D eigenvalue weighted by Gasteiger charge is 2.33. The fourth-order valence-electron chi connectivity index (χ4n) is 4.34. The van der Waals surface area contributed by atoms with Gasteiger partial charge in [-0.2, -0.15) is 9.40 Å². The van der Waals surface area contributed by atoms with E-state index in [0.29, 0.717) is 40.8 Å². The van der Waals surface area contributed by atoms with Crippen LogP contribution in [0.25, 0.3) is 0 Å². The summed E-state index contributed by atoms with van der Waals surface area (Å²) in [5.74, 6) is -0.572. The molecule has 196 valence electrons. The number of hydrogen-bond acceptors (Lipinski definition) is 6. The predicted octanol–water partition coefficient (Wildman–Crippen LogP) is 4.80. The molecular formula is C24H25Cl2N5O5S. The summed E-state index contributed by atoms with van der Waals surface area (Å²) >= 11 is 12.6. The van der Waals surface area contributed by atoms with Crippen LogP contribution in [0.5, 0.6) is 0 Å². The highest BCUT2D eigenvalue weighted by Crippen LogP contribution is 2.29. The van der Waals surface area contributed by atoms with Crippen molar-refractivity contribution in [1.29, 1.82) is 0 Å². The molecule has 2 aromatic carbocycles. The number of hydrogen-bond donors (Lipinski definition) is 1. The number of halogens is 2. The third-order valence-corrected chi connectivity index (χ3v) is 9.13. The van der Waals surface area contributed by atoms with Crippen molar-refractivity contribution in [2.75, 3.05) is 18.4 Å². The lowest BCUT2D eigenvalue weighted by molar-refractivity contribution is -0.384. The molecule has 1 aromatic heterocycles. The number of rotatable bonds is 7. The average molecular weight is 566 g/mol. The van der Waals surface area contributed by atoms with Crippen LogP contribution in [0, 0.1) is 29.9 Å². The number of anilines is 1. The van der Waals surface area contributed by atoms with E-state index in [0.717, 1.165) is 23.4 Å². The predicted molar refractivity (Wildman–Crippen MR) is 140 cm³/mol. The summed E-state index contributed by atoms with van der Waals surface area (Å²) in [6, 6.07) is 10.1. The SMILES string of the molecule is Cc1nn(Cc2c(Cl)cccc2Cl)c(C)c1NC(=O)C1CCN(S(=O)(=O)c2ccc([N+](=O)[O-])cc2)CC1. The van der Waals surface area contributed by atoms with E-state index < -0.39 is 14.9 Å². The topological polar surface area (TPSA) is 127 Å². The van der Waals surface area contributed by atoms with Gasteiger partial charge >= 0.3 is 0 Å². The Morgan fingerprint density at radius 3 is 2.27 bits per heavy atom. The molecule has 0 radical (unpaired) electrons. The molecule has 1 fully saturated rings. The number of aryl methyl sites for hydroxylation is 1. The van der Waals surface area contributed by atoms with E-state index in [1.54, 1.807) is 29.8 Å². The van der Waals surface area contributed by atoms with Crippen LogP contribution in [0.4, 0.5) is 11.4 Å². The molecule has 37 heavy (non-hydrogen) atoms. The lowest BCUT2D eigenvalue weighted by Crippen LogP contribution is -2.41. The molecule has 0 atom stereocenters. The number of benzene rings is 2. The molecule has 13 heteroatoms. The fraction of sp³-hybridized carbons (Fsp3) is 0.333. The van der Waals surface area contributed by atoms with Crippen LogP contribution in [-0.2, 0) is 21.4 Å². The molecule has 1 aliphatic heterocycles. The van der Waals surface area contributed by atoms with E-state index in [-0.39, 0.29) is 35.5 Å². The van der Waals surface area contributed by atoms with Crippen LogP contribution in [0.3, 0.4) is 0 Å². The average Bonchev–Trinajstić information content (AvgIpc) is 3.13. The first kappa shape index (κ1) is 27.1. The molecule has 1 amide bonds. The normalized spacial score (nSPS) is 15.0. The zero-order valence-corrected chi connectivity index (χ0v) is 22.5. The van der Waals surface area contributed by atoms with Crippen LogP contribution >= 0.6 is 23.2 Å². The Kier molecular flexibility index (Phi) is 7.88. The number of nitro benzene ring substituents is 1. The van der Waals surface area contributed by atoms with Crippen LogP contribution < -0.4 is 5.32 Å². The minimum Gasteiger partial charge on any atom is -0.323 e. The molecule has 10 nitrogen and oxygen atoms in total. The molecular weight excluding hydrogens is 541 g/mol. The number of piperidine rings is 1. The molecule has 0 spiro atoms. The zero-order valence-electron chi connectivity index (χ0n) is 20.1. The summed E-state index contributed by atoms with van der Waals surface area (Å²) in [6.07, 6.45) is 0.693. The van der Waals surface area contributed by atoms with Gasteiger partial charge in [0.2, 0.25) is 15.9 Å². The monoisotopic (exact) mass is 565 g/mol. The minimum atomic E-state index is -3.82. The van der Waals surface area contributed by atoms with Gasteiger partial charge in [0, 0.05) is 46.7 Å². The van der Waals surface area contributed by atoms with Crippen LogP contribution in [0.15, 0.2) is 47.4 Å². The van der Waals surface area contributed by atoms with Crippen molar-refractivity contribution in [2.24, 2.45) is 5.92 Å². The van der Waals surface area contributed by atoms with E-state index in [4.69, 9.17) is 23.2 Å². The largest absolute Gasteiger partial charge is 0.323 e. The Morgan fingerprint density at radius 2 is 1.70 bits per heavy atom. The maximum absolute atomic E-state index is 13.1. The molecule has 3 aromatic rings. The van der Waals surface area contributed by atoms with Crippen LogP contribution in [0.1, 0.15) is 29.8 Å². The summed E-state index contributed by atoms with van der Waals surface area (Å²) in [5, 5.41) is 19.4. The van der Waals surface area contributed by atoms with Gasteiger partial charge in [-0.1, -0.05) is 29.3 Å². The third-order valence-electron chi connectivity index (χ3n) is 6.51. The molecule has 1 N–H and O–H groups in total. The molecule has 1 saturated heterocycles. The fourth-order valence-corrected chi connectivity index (χ4v) is 6.32. The summed E-state index contributed by atoms with van der Waals surface area (Å²) in [4.78, 5) is 23.3. The van der Waals surface area contributed by atoms with Crippen LogP contribution in [0.2, 0.25) is 10.0 Å². The highest BCUT2D eigenvalue weighted by atomic mass is 35.5. The molecule has 2 heterocycles. The van der Waals surface area contributed by atoms with E-state index in [9.17, 15) is 23.3 Å². The number of carbonyl (C=O) groups excluding carboxylic acids is 1. The Bertz CT molecular complexity index is 1430. The van der Waals surface area contributed by atoms with Gasteiger partial charge in [0.05, 0.1) is 33.4 Å². The van der Waals surface area contributed by atoms with Crippen molar-refractivity contribution in [1.82, 2.24) is 14.1 Å². The van der Waals surface area contributed by atoms with Gasteiger partial charge in [-0.15, -0.1) is 0 Å². The lowest BCUT2D eigenvalue weighted by atomic mass is 9.97. The second-order valence-corrected chi connectivity index (χ2v) is 11.6. The van der Waals surface area contributed by atoms with Gasteiger partial charge < -0.3 is 5.32 Å². The standard InChI is InChI=1S/C24H25Cl2N5O5S/c1-15-23(16(2)30(28-15)14-20-21(25)4-3-5-22(20)26)27-24(32)17-10-12-29(13-11-17)37(35,36)19-8-6-18(7-9-19)31(33)34/h3-9,17H,10-14H2,1-2H3,(H,27,32). The minimum absolute atomic E-state index is 0.0155. The van der Waals surface area contributed by atoms with Crippen molar-refractivity contribution < 1.29 is 18.1 Å². The van der Waals surface area contributed by atoms with Gasteiger partial charge in [0.1, 0.15) is 0 Å². The lowest BCUT2D eigenvalue weighted by Gasteiger charge is -2.30. The van der Waals surface area contributed by atoms with Crippen molar-refractivity contribution in [3.8, 4) is 0 Å². The summed E-state index contributed by atoms with van der Waals surface area (Å²) < 4.78 is 28.9. The Morgan fingerprint density at radius 1 is 1.11 bits per heavy atom. The molecule has 0 bridgehead atoms.